The van der Waals surface area contributed by atoms with Crippen molar-refractivity contribution in [1.82, 2.24) is 34.9 Å². The lowest BCUT2D eigenvalue weighted by Gasteiger charge is -2.48. The number of hydrogen-bond donors (Lipinski definition) is 4. The third-order valence-corrected chi connectivity index (χ3v) is 16.9. The van der Waals surface area contributed by atoms with Crippen molar-refractivity contribution in [1.29, 1.82) is 0 Å². The molecule has 10 rings (SSSR count). The van der Waals surface area contributed by atoms with Gasteiger partial charge < -0.3 is 40.0 Å². The molecule has 72 heavy (non-hydrogen) atoms. The lowest BCUT2D eigenvalue weighted by atomic mass is 9.71. The fraction of sp³-hybridized carbons (Fsp3) is 0.407. The SMILES string of the molecule is COc1cc(N2CCC(CN3CCC4(CC3)CCN(c3cccc(NC5CCC(=O)NC5=O)n3)CC4)CC2)c(-c2cnn(C)c2)cc1Nc1ncc(Cl)c(Nc2ccc(-c3ccccc3)cc2P(C)(C)=O)n1. The smallest absolute Gasteiger partial charge is 0.249 e. The lowest BCUT2D eigenvalue weighted by molar-refractivity contribution is -0.133. The molecule has 0 aliphatic carbocycles. The van der Waals surface area contributed by atoms with Gasteiger partial charge in [-0.05, 0) is 124 Å². The van der Waals surface area contributed by atoms with Crippen LogP contribution in [-0.4, -0.2) is 114 Å². The van der Waals surface area contributed by atoms with Crippen LogP contribution in [-0.2, 0) is 21.2 Å². The number of nitrogens with zero attached hydrogens (tertiary/aromatic N) is 8. The number of carbonyl (C=O) groups excluding carboxylic acids is 2. The molecule has 2 amide bonds. The monoisotopic (exact) mass is 1010 g/mol. The predicted molar refractivity (Wildman–Crippen MR) is 288 cm³/mol. The average Bonchev–Trinajstić information content (AvgIpc) is 3.83. The number of likely N-dealkylation sites (tertiary alicyclic amines) is 1. The number of ether oxygens (including phenoxy) is 1. The number of carbonyl (C=O) groups is 2. The first-order chi connectivity index (χ1) is 34.8. The molecular formula is C54H64ClN12O4P. The maximum Gasteiger partial charge on any atom is 0.249 e. The van der Waals surface area contributed by atoms with Gasteiger partial charge in [-0.3, -0.25) is 19.6 Å². The number of imide groups is 1. The maximum atomic E-state index is 13.6. The Kier molecular flexibility index (Phi) is 14.3. The highest BCUT2D eigenvalue weighted by atomic mass is 35.5. The van der Waals surface area contributed by atoms with Gasteiger partial charge in [-0.15, -0.1) is 0 Å². The molecule has 376 valence electrons. The van der Waals surface area contributed by atoms with Gasteiger partial charge >= 0.3 is 0 Å². The molecule has 3 aromatic carbocycles. The van der Waals surface area contributed by atoms with Gasteiger partial charge in [0.1, 0.15) is 35.6 Å². The number of methoxy groups -OCH3 is 1. The largest absolute Gasteiger partial charge is 0.494 e. The van der Waals surface area contributed by atoms with Crippen molar-refractivity contribution in [3.05, 3.63) is 102 Å². The molecule has 4 aliphatic rings. The van der Waals surface area contributed by atoms with Crippen LogP contribution >= 0.6 is 18.7 Å². The summed E-state index contributed by atoms with van der Waals surface area (Å²) in [5, 5.41) is 18.0. The summed E-state index contributed by atoms with van der Waals surface area (Å²) in [4.78, 5) is 45.8. The second-order valence-electron chi connectivity index (χ2n) is 20.3. The van der Waals surface area contributed by atoms with Gasteiger partial charge in [-0.1, -0.05) is 54.1 Å². The summed E-state index contributed by atoms with van der Waals surface area (Å²) in [7, 11) is 0.882. The molecule has 4 saturated heterocycles. The van der Waals surface area contributed by atoms with Gasteiger partial charge in [0.25, 0.3) is 0 Å². The standard InChI is InChI=1S/C54H64ClN12O4P/c1-64-35-39(32-57-64)40-30-44(60-53-56-33-41(55)51(63-53)59-42-14-13-38(29-47(42)72(3,4)70)37-9-6-5-7-10-37)46(71-2)31-45(40)66-23-17-36(18-24-66)34-65-25-19-54(20-26-65)21-27-67(28-22-54)49-12-8-11-48(61-49)58-43-15-16-50(68)62-52(43)69/h5-14,29-33,35-36,43H,15-28,34H2,1-4H3,(H,58,61)(H,62,68,69)(H2,56,59,60,63). The quantitative estimate of drug-likeness (QED) is 0.0601. The molecule has 6 aromatic rings. The zero-order valence-electron chi connectivity index (χ0n) is 41.5. The van der Waals surface area contributed by atoms with Crippen LogP contribution in [0.2, 0.25) is 5.02 Å². The third kappa shape index (κ3) is 11.1. The minimum atomic E-state index is -2.73. The van der Waals surface area contributed by atoms with E-state index in [1.807, 2.05) is 84.8 Å². The number of benzene rings is 3. The Morgan fingerprint density at radius 1 is 0.806 bits per heavy atom. The van der Waals surface area contributed by atoms with Crippen molar-refractivity contribution < 1.29 is 18.9 Å². The Hall–Kier alpha value is -6.48. The van der Waals surface area contributed by atoms with Crippen molar-refractivity contribution in [2.75, 3.05) is 92.0 Å². The molecule has 4 fully saturated rings. The minimum absolute atomic E-state index is 0.219. The molecule has 4 N–H and O–H groups in total. The number of pyridine rings is 1. The van der Waals surface area contributed by atoms with Crippen molar-refractivity contribution in [2.45, 2.75) is 57.4 Å². The van der Waals surface area contributed by atoms with Crippen molar-refractivity contribution >= 4 is 76.3 Å². The van der Waals surface area contributed by atoms with E-state index in [1.165, 1.54) is 12.8 Å². The van der Waals surface area contributed by atoms with Crippen LogP contribution in [0.5, 0.6) is 5.75 Å². The van der Waals surface area contributed by atoms with E-state index in [0.29, 0.717) is 69.2 Å². The molecule has 7 heterocycles. The summed E-state index contributed by atoms with van der Waals surface area (Å²) < 4.78 is 21.5. The fourth-order valence-electron chi connectivity index (χ4n) is 10.9. The molecule has 0 saturated carbocycles. The van der Waals surface area contributed by atoms with Gasteiger partial charge in [-0.25, -0.2) is 9.97 Å². The molecule has 0 radical (unpaired) electrons. The molecule has 1 unspecified atom stereocenters. The van der Waals surface area contributed by atoms with Gasteiger partial charge in [0.15, 0.2) is 5.82 Å². The first kappa shape index (κ1) is 49.1. The number of anilines is 7. The number of aryl methyl sites for hydroxylation is 1. The van der Waals surface area contributed by atoms with E-state index in [-0.39, 0.29) is 11.8 Å². The molecule has 1 atom stereocenters. The predicted octanol–water partition coefficient (Wildman–Crippen LogP) is 9.15. The highest BCUT2D eigenvalue weighted by molar-refractivity contribution is 7.70. The van der Waals surface area contributed by atoms with E-state index >= 15 is 0 Å². The van der Waals surface area contributed by atoms with Crippen LogP contribution in [0.25, 0.3) is 22.3 Å². The van der Waals surface area contributed by atoms with E-state index in [2.05, 4.69) is 64.2 Å². The first-order valence-corrected chi connectivity index (χ1v) is 28.1. The van der Waals surface area contributed by atoms with Crippen LogP contribution < -0.4 is 41.1 Å². The minimum Gasteiger partial charge on any atom is -0.494 e. The molecule has 0 bridgehead atoms. The summed E-state index contributed by atoms with van der Waals surface area (Å²) in [6.07, 6.45) is 13.3. The fourth-order valence-corrected chi connectivity index (χ4v) is 12.2. The lowest BCUT2D eigenvalue weighted by Crippen LogP contribution is -2.48. The molecule has 18 heteroatoms. The van der Waals surface area contributed by atoms with Crippen LogP contribution in [0.1, 0.15) is 51.4 Å². The van der Waals surface area contributed by atoms with E-state index in [4.69, 9.17) is 26.3 Å². The Labute approximate surface area is 426 Å². The number of halogens is 1. The first-order valence-electron chi connectivity index (χ1n) is 25.1. The highest BCUT2D eigenvalue weighted by Crippen LogP contribution is 2.45. The van der Waals surface area contributed by atoms with Crippen molar-refractivity contribution in [2.24, 2.45) is 18.4 Å². The van der Waals surface area contributed by atoms with E-state index in [0.717, 1.165) is 105 Å². The van der Waals surface area contributed by atoms with E-state index in [1.54, 1.807) is 26.6 Å². The molecule has 16 nitrogen and oxygen atoms in total. The topological polar surface area (TPSA) is 175 Å². The highest BCUT2D eigenvalue weighted by Gasteiger charge is 2.39. The number of aromatic nitrogens is 5. The summed E-state index contributed by atoms with van der Waals surface area (Å²) >= 11 is 6.72. The van der Waals surface area contributed by atoms with Gasteiger partial charge in [0.05, 0.1) is 30.9 Å². The Morgan fingerprint density at radius 2 is 1.57 bits per heavy atom. The Bertz CT molecular complexity index is 2980. The summed E-state index contributed by atoms with van der Waals surface area (Å²) in [5.41, 5.74) is 6.87. The van der Waals surface area contributed by atoms with Crippen LogP contribution in [0, 0.1) is 11.3 Å². The Morgan fingerprint density at radius 3 is 2.28 bits per heavy atom. The zero-order valence-corrected chi connectivity index (χ0v) is 43.2. The number of rotatable bonds is 14. The summed E-state index contributed by atoms with van der Waals surface area (Å²) in [6.45, 7) is 10.7. The molecule has 4 aliphatic heterocycles. The van der Waals surface area contributed by atoms with Crippen LogP contribution in [0.15, 0.2) is 97.5 Å². The van der Waals surface area contributed by atoms with Gasteiger partial charge in [-0.2, -0.15) is 10.1 Å². The Balaban J connectivity index is 0.766. The van der Waals surface area contributed by atoms with E-state index in [9.17, 15) is 14.2 Å². The second kappa shape index (κ2) is 20.9. The van der Waals surface area contributed by atoms with Crippen LogP contribution in [0.3, 0.4) is 0 Å². The third-order valence-electron chi connectivity index (χ3n) is 15.1. The van der Waals surface area contributed by atoms with Crippen LogP contribution in [0.4, 0.5) is 40.5 Å². The number of piperidine rings is 4. The molecular weight excluding hydrogens is 947 g/mol. The second-order valence-corrected chi connectivity index (χ2v) is 23.9. The summed E-state index contributed by atoms with van der Waals surface area (Å²) in [5.74, 6) is 3.08. The number of amides is 2. The maximum absolute atomic E-state index is 13.6. The number of hydrogen-bond acceptors (Lipinski definition) is 14. The average molecular weight is 1010 g/mol. The van der Waals surface area contributed by atoms with Gasteiger partial charge in [0, 0.05) is 80.6 Å². The van der Waals surface area contributed by atoms with Crippen molar-refractivity contribution in [3.8, 4) is 28.0 Å². The number of nitrogens with one attached hydrogen (secondary N) is 4. The van der Waals surface area contributed by atoms with Crippen molar-refractivity contribution in [3.63, 3.8) is 0 Å². The summed E-state index contributed by atoms with van der Waals surface area (Å²) in [6, 6.07) is 25.6. The van der Waals surface area contributed by atoms with Gasteiger partial charge in [0.2, 0.25) is 17.8 Å². The molecule has 1 spiro atoms. The normalized spacial score (nSPS) is 18.8. The molecule has 3 aromatic heterocycles. The van der Waals surface area contributed by atoms with E-state index < -0.39 is 13.2 Å². The zero-order chi connectivity index (χ0) is 50.0.